The van der Waals surface area contributed by atoms with Gasteiger partial charge in [0.05, 0.1) is 5.56 Å². The lowest BCUT2D eigenvalue weighted by molar-refractivity contribution is -0.137. The van der Waals surface area contributed by atoms with Gasteiger partial charge in [0.2, 0.25) is 0 Å². The molecule has 0 aromatic heterocycles. The molecule has 0 amide bonds. The molecule has 1 aromatic carbocycles. The fraction of sp³-hybridized carbons (Fsp3) is 0.538. The van der Waals surface area contributed by atoms with E-state index in [0.29, 0.717) is 24.3 Å². The van der Waals surface area contributed by atoms with Crippen molar-refractivity contribution < 1.29 is 13.2 Å². The van der Waals surface area contributed by atoms with E-state index in [0.717, 1.165) is 13.1 Å². The number of piperazine rings is 1. The summed E-state index contributed by atoms with van der Waals surface area (Å²) in [4.78, 5) is 1.83. The zero-order valence-corrected chi connectivity index (χ0v) is 11.8. The molecule has 1 aliphatic heterocycles. The first-order chi connectivity index (χ1) is 8.91. The van der Waals surface area contributed by atoms with Crippen LogP contribution in [0.3, 0.4) is 0 Å². The van der Waals surface area contributed by atoms with Crippen molar-refractivity contribution in [3.8, 4) is 0 Å². The third-order valence-electron chi connectivity index (χ3n) is 3.29. The molecule has 1 aliphatic rings. The molecule has 0 saturated carbocycles. The standard InChI is InChI=1S/C13H17F3N2S/c1-10-3-4-12(11(9-10)13(14,15)16)17-5-7-18(19-2)8-6-17/h3-4,9H,5-8H2,1-2H3. The van der Waals surface area contributed by atoms with Gasteiger partial charge in [0.25, 0.3) is 0 Å². The molecule has 0 spiro atoms. The molecule has 0 bridgehead atoms. The predicted octanol–water partition coefficient (Wildman–Crippen LogP) is 3.41. The van der Waals surface area contributed by atoms with Crippen LogP contribution >= 0.6 is 11.9 Å². The van der Waals surface area contributed by atoms with Crippen LogP contribution in [0.5, 0.6) is 0 Å². The zero-order valence-electron chi connectivity index (χ0n) is 11.0. The number of rotatable bonds is 2. The molecule has 106 valence electrons. The molecule has 0 unspecified atom stereocenters. The summed E-state index contributed by atoms with van der Waals surface area (Å²) in [5.74, 6) is 0. The van der Waals surface area contributed by atoms with Crippen molar-refractivity contribution in [2.45, 2.75) is 13.1 Å². The molecule has 19 heavy (non-hydrogen) atoms. The highest BCUT2D eigenvalue weighted by molar-refractivity contribution is 7.96. The minimum absolute atomic E-state index is 0.304. The Bertz CT molecular complexity index is 440. The van der Waals surface area contributed by atoms with E-state index in [-0.39, 0.29) is 0 Å². The summed E-state index contributed by atoms with van der Waals surface area (Å²) in [5, 5.41) is 0. The first-order valence-corrected chi connectivity index (χ1v) is 7.32. The van der Waals surface area contributed by atoms with Crippen molar-refractivity contribution in [2.24, 2.45) is 0 Å². The number of benzene rings is 1. The number of nitrogens with zero attached hydrogens (tertiary/aromatic N) is 2. The van der Waals surface area contributed by atoms with E-state index in [2.05, 4.69) is 4.31 Å². The predicted molar refractivity (Wildman–Crippen MR) is 73.5 cm³/mol. The van der Waals surface area contributed by atoms with Crippen LogP contribution in [-0.4, -0.2) is 36.7 Å². The van der Waals surface area contributed by atoms with Gasteiger partial charge in [-0.2, -0.15) is 13.2 Å². The summed E-state index contributed by atoms with van der Waals surface area (Å²) in [6.45, 7) is 4.52. The van der Waals surface area contributed by atoms with Crippen LogP contribution in [0.1, 0.15) is 11.1 Å². The fourth-order valence-corrected chi connectivity index (χ4v) is 2.79. The average Bonchev–Trinajstić information content (AvgIpc) is 2.38. The molecule has 0 aliphatic carbocycles. The smallest absolute Gasteiger partial charge is 0.368 e. The van der Waals surface area contributed by atoms with Crippen LogP contribution in [0.25, 0.3) is 0 Å². The third kappa shape index (κ3) is 3.36. The molecule has 0 radical (unpaired) electrons. The quantitative estimate of drug-likeness (QED) is 0.771. The Labute approximate surface area is 115 Å². The van der Waals surface area contributed by atoms with E-state index in [9.17, 15) is 13.2 Å². The highest BCUT2D eigenvalue weighted by Crippen LogP contribution is 2.37. The van der Waals surface area contributed by atoms with Gasteiger partial charge in [0.1, 0.15) is 0 Å². The van der Waals surface area contributed by atoms with Crippen LogP contribution in [-0.2, 0) is 6.18 Å². The van der Waals surface area contributed by atoms with Crippen LogP contribution in [0.4, 0.5) is 18.9 Å². The lowest BCUT2D eigenvalue weighted by Gasteiger charge is -2.36. The molecule has 2 nitrogen and oxygen atoms in total. The van der Waals surface area contributed by atoms with Crippen LogP contribution in [0.2, 0.25) is 0 Å². The molecule has 1 fully saturated rings. The highest BCUT2D eigenvalue weighted by Gasteiger charge is 2.35. The van der Waals surface area contributed by atoms with Crippen LogP contribution < -0.4 is 4.90 Å². The van der Waals surface area contributed by atoms with Gasteiger partial charge in [-0.1, -0.05) is 23.6 Å². The third-order valence-corrected chi connectivity index (χ3v) is 4.18. The number of hydrogen-bond donors (Lipinski definition) is 0. The van der Waals surface area contributed by atoms with E-state index in [1.165, 1.54) is 6.07 Å². The van der Waals surface area contributed by atoms with Gasteiger partial charge in [-0.15, -0.1) is 0 Å². The first-order valence-electron chi connectivity index (χ1n) is 6.13. The number of aryl methyl sites for hydroxylation is 1. The average molecular weight is 290 g/mol. The molecule has 0 N–H and O–H groups in total. The minimum atomic E-state index is -4.29. The van der Waals surface area contributed by atoms with Crippen molar-refractivity contribution >= 4 is 17.6 Å². The second kappa shape index (κ2) is 5.63. The summed E-state index contributed by atoms with van der Waals surface area (Å²) in [5.41, 5.74) is 0.419. The molecular weight excluding hydrogens is 273 g/mol. The SMILES string of the molecule is CSN1CCN(c2ccc(C)cc2C(F)(F)F)CC1. The van der Waals surface area contributed by atoms with Crippen molar-refractivity contribution in [1.82, 2.24) is 4.31 Å². The number of anilines is 1. The van der Waals surface area contributed by atoms with Gasteiger partial charge in [-0.25, -0.2) is 4.31 Å². The van der Waals surface area contributed by atoms with E-state index in [4.69, 9.17) is 0 Å². The number of hydrogen-bond acceptors (Lipinski definition) is 3. The van der Waals surface area contributed by atoms with Gasteiger partial charge in [-0.3, -0.25) is 0 Å². The summed E-state index contributed by atoms with van der Waals surface area (Å²) < 4.78 is 41.4. The number of halogens is 3. The zero-order chi connectivity index (χ0) is 14.0. The van der Waals surface area contributed by atoms with E-state index >= 15 is 0 Å². The number of alkyl halides is 3. The Hall–Kier alpha value is -0.880. The monoisotopic (exact) mass is 290 g/mol. The Morgan fingerprint density at radius 2 is 1.74 bits per heavy atom. The summed E-state index contributed by atoms with van der Waals surface area (Å²) >= 11 is 1.64. The Morgan fingerprint density at radius 3 is 2.26 bits per heavy atom. The van der Waals surface area contributed by atoms with Crippen molar-refractivity contribution in [2.75, 3.05) is 37.3 Å². The van der Waals surface area contributed by atoms with Gasteiger partial charge in [0.15, 0.2) is 0 Å². The van der Waals surface area contributed by atoms with Gasteiger partial charge >= 0.3 is 6.18 Å². The second-order valence-corrected chi connectivity index (χ2v) is 5.50. The maximum atomic E-state index is 13.1. The summed E-state index contributed by atoms with van der Waals surface area (Å²) in [6, 6.07) is 4.56. The highest BCUT2D eigenvalue weighted by atomic mass is 32.2. The fourth-order valence-electron chi connectivity index (χ4n) is 2.26. The normalized spacial score (nSPS) is 17.8. The van der Waals surface area contributed by atoms with Gasteiger partial charge in [-0.05, 0) is 25.3 Å². The largest absolute Gasteiger partial charge is 0.418 e. The summed E-state index contributed by atoms with van der Waals surface area (Å²) in [6.07, 6.45) is -2.30. The molecule has 0 atom stereocenters. The minimum Gasteiger partial charge on any atom is -0.368 e. The first kappa shape index (κ1) is 14.5. The Kier molecular flexibility index (Phi) is 4.30. The second-order valence-electron chi connectivity index (χ2n) is 4.62. The van der Waals surface area contributed by atoms with Crippen LogP contribution in [0, 0.1) is 6.92 Å². The molecule has 1 saturated heterocycles. The van der Waals surface area contributed by atoms with Gasteiger partial charge in [0, 0.05) is 31.9 Å². The Balaban J connectivity index is 2.25. The van der Waals surface area contributed by atoms with E-state index < -0.39 is 11.7 Å². The van der Waals surface area contributed by atoms with Crippen molar-refractivity contribution in [1.29, 1.82) is 0 Å². The van der Waals surface area contributed by atoms with Crippen molar-refractivity contribution in [3.05, 3.63) is 29.3 Å². The molecular formula is C13H17F3N2S. The maximum absolute atomic E-state index is 13.1. The van der Waals surface area contributed by atoms with Crippen LogP contribution in [0.15, 0.2) is 18.2 Å². The summed E-state index contributed by atoms with van der Waals surface area (Å²) in [7, 11) is 0. The van der Waals surface area contributed by atoms with E-state index in [1.54, 1.807) is 31.0 Å². The molecule has 2 rings (SSSR count). The lowest BCUT2D eigenvalue weighted by atomic mass is 10.1. The molecule has 1 heterocycles. The molecule has 1 aromatic rings. The maximum Gasteiger partial charge on any atom is 0.418 e. The van der Waals surface area contributed by atoms with Gasteiger partial charge < -0.3 is 4.90 Å². The van der Waals surface area contributed by atoms with E-state index in [1.807, 2.05) is 11.2 Å². The van der Waals surface area contributed by atoms with Crippen molar-refractivity contribution in [3.63, 3.8) is 0 Å². The molecule has 6 heteroatoms. The Morgan fingerprint density at radius 1 is 1.11 bits per heavy atom. The lowest BCUT2D eigenvalue weighted by Crippen LogP contribution is -2.44. The topological polar surface area (TPSA) is 6.48 Å².